The maximum atomic E-state index is 12.9. The number of benzene rings is 2. The van der Waals surface area contributed by atoms with E-state index in [2.05, 4.69) is 42.8 Å². The molecular weight excluding hydrogens is 296 g/mol. The van der Waals surface area contributed by atoms with Gasteiger partial charge in [0.15, 0.2) is 0 Å². The lowest BCUT2D eigenvalue weighted by Crippen LogP contribution is -2.16. The molecule has 0 fully saturated rings. The molecule has 0 saturated carbocycles. The Morgan fingerprint density at radius 1 is 1.08 bits per heavy atom. The SMILES string of the molecule is Cc1cc(C)c(C(C)C)c(C(=O)Nc2ccc3c(ccn3C)c2)c1. The average molecular weight is 320 g/mol. The van der Waals surface area contributed by atoms with Gasteiger partial charge in [-0.25, -0.2) is 0 Å². The first kappa shape index (κ1) is 16.3. The van der Waals surface area contributed by atoms with E-state index in [9.17, 15) is 4.79 Å². The second kappa shape index (κ2) is 6.16. The Labute approximate surface area is 143 Å². The van der Waals surface area contributed by atoms with E-state index in [1.165, 1.54) is 5.56 Å². The zero-order valence-electron chi connectivity index (χ0n) is 15.0. The van der Waals surface area contributed by atoms with Crippen molar-refractivity contribution < 1.29 is 4.79 Å². The van der Waals surface area contributed by atoms with Gasteiger partial charge in [0, 0.05) is 35.4 Å². The Kier molecular flexibility index (Phi) is 4.18. The van der Waals surface area contributed by atoms with Crippen molar-refractivity contribution >= 4 is 22.5 Å². The molecule has 0 bridgehead atoms. The molecule has 3 aromatic rings. The van der Waals surface area contributed by atoms with Crippen molar-refractivity contribution in [3.63, 3.8) is 0 Å². The molecule has 0 aliphatic carbocycles. The monoisotopic (exact) mass is 320 g/mol. The summed E-state index contributed by atoms with van der Waals surface area (Å²) in [6.45, 7) is 8.37. The molecule has 1 amide bonds. The minimum Gasteiger partial charge on any atom is -0.351 e. The van der Waals surface area contributed by atoms with Crippen LogP contribution in [0.3, 0.4) is 0 Å². The molecule has 3 heteroatoms. The van der Waals surface area contributed by atoms with Gasteiger partial charge in [0.1, 0.15) is 0 Å². The highest BCUT2D eigenvalue weighted by atomic mass is 16.1. The topological polar surface area (TPSA) is 34.0 Å². The van der Waals surface area contributed by atoms with Crippen LogP contribution < -0.4 is 5.32 Å². The van der Waals surface area contributed by atoms with Crippen molar-refractivity contribution in [1.82, 2.24) is 4.57 Å². The number of rotatable bonds is 3. The number of nitrogens with zero attached hydrogens (tertiary/aromatic N) is 1. The van der Waals surface area contributed by atoms with Crippen LogP contribution in [0.1, 0.15) is 46.8 Å². The summed E-state index contributed by atoms with van der Waals surface area (Å²) in [7, 11) is 2.02. The van der Waals surface area contributed by atoms with Crippen LogP contribution in [0.2, 0.25) is 0 Å². The Morgan fingerprint density at radius 3 is 2.54 bits per heavy atom. The standard InChI is InChI=1S/C21H24N2O/c1-13(2)20-15(4)10-14(3)11-18(20)21(24)22-17-6-7-19-16(12-17)8-9-23(19)5/h6-13H,1-5H3,(H,22,24). The number of fused-ring (bicyclic) bond motifs is 1. The predicted molar refractivity (Wildman–Crippen MR) is 101 cm³/mol. The number of carbonyl (C=O) groups is 1. The van der Waals surface area contributed by atoms with Gasteiger partial charge in [-0.15, -0.1) is 0 Å². The average Bonchev–Trinajstić information content (AvgIpc) is 2.86. The second-order valence-electron chi connectivity index (χ2n) is 6.85. The lowest BCUT2D eigenvalue weighted by atomic mass is 9.90. The summed E-state index contributed by atoms with van der Waals surface area (Å²) >= 11 is 0. The summed E-state index contributed by atoms with van der Waals surface area (Å²) in [6, 6.07) is 12.2. The van der Waals surface area contributed by atoms with E-state index in [-0.39, 0.29) is 5.91 Å². The summed E-state index contributed by atoms with van der Waals surface area (Å²) < 4.78 is 2.07. The van der Waals surface area contributed by atoms with Crippen LogP contribution in [0.5, 0.6) is 0 Å². The number of anilines is 1. The van der Waals surface area contributed by atoms with Crippen LogP contribution in [0.4, 0.5) is 5.69 Å². The highest BCUT2D eigenvalue weighted by molar-refractivity contribution is 6.06. The molecule has 0 aliphatic heterocycles. The Balaban J connectivity index is 1.96. The van der Waals surface area contributed by atoms with E-state index < -0.39 is 0 Å². The van der Waals surface area contributed by atoms with Crippen molar-refractivity contribution in [3.8, 4) is 0 Å². The smallest absolute Gasteiger partial charge is 0.255 e. The van der Waals surface area contributed by atoms with E-state index >= 15 is 0 Å². The number of aryl methyl sites for hydroxylation is 3. The molecule has 0 aliphatic rings. The summed E-state index contributed by atoms with van der Waals surface area (Å²) in [6.07, 6.45) is 2.02. The lowest BCUT2D eigenvalue weighted by Gasteiger charge is -2.17. The van der Waals surface area contributed by atoms with Crippen LogP contribution in [0.15, 0.2) is 42.6 Å². The number of hydrogen-bond donors (Lipinski definition) is 1. The molecule has 1 heterocycles. The third-order valence-electron chi connectivity index (χ3n) is 4.50. The van der Waals surface area contributed by atoms with Gasteiger partial charge < -0.3 is 9.88 Å². The van der Waals surface area contributed by atoms with Gasteiger partial charge >= 0.3 is 0 Å². The van der Waals surface area contributed by atoms with Gasteiger partial charge in [0.05, 0.1) is 0 Å². The third-order valence-corrected chi connectivity index (χ3v) is 4.50. The molecule has 24 heavy (non-hydrogen) atoms. The van der Waals surface area contributed by atoms with Gasteiger partial charge in [-0.3, -0.25) is 4.79 Å². The van der Waals surface area contributed by atoms with E-state index in [1.54, 1.807) is 0 Å². The van der Waals surface area contributed by atoms with Gasteiger partial charge in [-0.1, -0.05) is 25.5 Å². The number of nitrogens with one attached hydrogen (secondary N) is 1. The van der Waals surface area contributed by atoms with Crippen molar-refractivity contribution in [2.75, 3.05) is 5.32 Å². The van der Waals surface area contributed by atoms with Crippen LogP contribution in [0.25, 0.3) is 10.9 Å². The Hall–Kier alpha value is -2.55. The van der Waals surface area contributed by atoms with E-state index in [0.717, 1.165) is 33.3 Å². The van der Waals surface area contributed by atoms with Crippen molar-refractivity contribution in [2.24, 2.45) is 7.05 Å². The molecule has 2 aromatic carbocycles. The minimum atomic E-state index is -0.0409. The zero-order chi connectivity index (χ0) is 17.4. The van der Waals surface area contributed by atoms with Crippen LogP contribution >= 0.6 is 0 Å². The largest absolute Gasteiger partial charge is 0.351 e. The Morgan fingerprint density at radius 2 is 1.83 bits per heavy atom. The summed E-state index contributed by atoms with van der Waals surface area (Å²) in [5, 5.41) is 4.19. The fourth-order valence-electron chi connectivity index (χ4n) is 3.49. The molecule has 124 valence electrons. The van der Waals surface area contributed by atoms with Crippen LogP contribution in [-0.2, 0) is 7.05 Å². The first-order valence-electron chi connectivity index (χ1n) is 8.34. The fraction of sp³-hybridized carbons (Fsp3) is 0.286. The quantitative estimate of drug-likeness (QED) is 0.709. The molecule has 0 atom stereocenters. The molecule has 3 nitrogen and oxygen atoms in total. The Bertz CT molecular complexity index is 919. The summed E-state index contributed by atoms with van der Waals surface area (Å²) in [4.78, 5) is 12.9. The van der Waals surface area contributed by atoms with E-state index in [1.807, 2.05) is 44.4 Å². The van der Waals surface area contributed by atoms with E-state index in [4.69, 9.17) is 0 Å². The molecule has 1 N–H and O–H groups in total. The maximum Gasteiger partial charge on any atom is 0.255 e. The first-order chi connectivity index (χ1) is 11.4. The summed E-state index contributed by atoms with van der Waals surface area (Å²) in [5.41, 5.74) is 6.17. The highest BCUT2D eigenvalue weighted by Gasteiger charge is 2.17. The van der Waals surface area contributed by atoms with Gasteiger partial charge in [-0.2, -0.15) is 0 Å². The number of aromatic nitrogens is 1. The van der Waals surface area contributed by atoms with Gasteiger partial charge in [0.25, 0.3) is 5.91 Å². The molecule has 0 radical (unpaired) electrons. The molecule has 0 unspecified atom stereocenters. The van der Waals surface area contributed by atoms with Crippen molar-refractivity contribution in [3.05, 3.63) is 64.8 Å². The highest BCUT2D eigenvalue weighted by Crippen LogP contribution is 2.27. The first-order valence-corrected chi connectivity index (χ1v) is 8.34. The molecule has 1 aromatic heterocycles. The molecule has 0 spiro atoms. The maximum absolute atomic E-state index is 12.9. The lowest BCUT2D eigenvalue weighted by molar-refractivity contribution is 0.102. The number of amides is 1. The zero-order valence-corrected chi connectivity index (χ0v) is 15.0. The fourth-order valence-corrected chi connectivity index (χ4v) is 3.49. The van der Waals surface area contributed by atoms with Crippen LogP contribution in [0, 0.1) is 13.8 Å². The van der Waals surface area contributed by atoms with Crippen molar-refractivity contribution in [2.45, 2.75) is 33.6 Å². The van der Waals surface area contributed by atoms with Gasteiger partial charge in [0.2, 0.25) is 0 Å². The van der Waals surface area contributed by atoms with Crippen molar-refractivity contribution in [1.29, 1.82) is 0 Å². The van der Waals surface area contributed by atoms with Crippen LogP contribution in [-0.4, -0.2) is 10.5 Å². The number of carbonyl (C=O) groups excluding carboxylic acids is 1. The normalized spacial score (nSPS) is 11.2. The molecule has 3 rings (SSSR count). The minimum absolute atomic E-state index is 0.0409. The summed E-state index contributed by atoms with van der Waals surface area (Å²) in [5.74, 6) is 0.267. The molecular formula is C21H24N2O. The number of hydrogen-bond acceptors (Lipinski definition) is 1. The van der Waals surface area contributed by atoms with E-state index in [0.29, 0.717) is 5.92 Å². The predicted octanol–water partition coefficient (Wildman–Crippen LogP) is 5.17. The van der Waals surface area contributed by atoms with Gasteiger partial charge in [-0.05, 0) is 61.2 Å². The second-order valence-corrected chi connectivity index (χ2v) is 6.85. The molecule has 0 saturated heterocycles. The third kappa shape index (κ3) is 2.94.